The molecule has 0 saturated heterocycles. The third-order valence-electron chi connectivity index (χ3n) is 5.27. The third kappa shape index (κ3) is 8.23. The van der Waals surface area contributed by atoms with Gasteiger partial charge in [-0.15, -0.1) is 0 Å². The Morgan fingerprint density at radius 1 is 0.821 bits per heavy atom. The molecule has 0 fully saturated rings. The minimum Gasteiger partial charge on any atom is -0.423 e. The Hall–Kier alpha value is -4.53. The number of halogens is 2. The fourth-order valence-corrected chi connectivity index (χ4v) is 3.82. The zero-order valence-corrected chi connectivity index (χ0v) is 22.6. The number of hydrogen-bond donors (Lipinski definition) is 2. The first kappa shape index (κ1) is 27.5. The second-order valence-electron chi connectivity index (χ2n) is 8.08. The largest absolute Gasteiger partial charge is 0.423 e. The van der Waals surface area contributed by atoms with E-state index in [9.17, 15) is 14.4 Å². The van der Waals surface area contributed by atoms with Crippen molar-refractivity contribution in [1.29, 1.82) is 0 Å². The van der Waals surface area contributed by atoms with Crippen molar-refractivity contribution in [3.8, 4) is 5.75 Å². The molecule has 0 spiro atoms. The maximum atomic E-state index is 12.5. The van der Waals surface area contributed by atoms with E-state index in [1.165, 1.54) is 12.3 Å². The van der Waals surface area contributed by atoms with Crippen molar-refractivity contribution < 1.29 is 19.1 Å². The highest BCUT2D eigenvalue weighted by Gasteiger charge is 2.10. The molecule has 0 aliphatic heterocycles. The van der Waals surface area contributed by atoms with Crippen LogP contribution in [0.5, 0.6) is 5.75 Å². The standard InChI is InChI=1S/C30H21BrClN3O4/c31-24-11-16-27(39-28(36)17-6-20-4-2-1-3-5-20)23(18-24)19-33-35-30(38)22-9-14-26(15-10-22)34-29(37)21-7-12-25(32)13-8-21/h1-19H,(H,34,37)(H,35,38)/b17-6+,33-19-. The summed E-state index contributed by atoms with van der Waals surface area (Å²) in [5.41, 5.74) is 5.11. The first-order valence-corrected chi connectivity index (χ1v) is 12.8. The highest BCUT2D eigenvalue weighted by molar-refractivity contribution is 9.10. The van der Waals surface area contributed by atoms with Crippen molar-refractivity contribution in [2.45, 2.75) is 0 Å². The summed E-state index contributed by atoms with van der Waals surface area (Å²) < 4.78 is 6.20. The summed E-state index contributed by atoms with van der Waals surface area (Å²) in [4.78, 5) is 37.2. The molecule has 7 nitrogen and oxygen atoms in total. The van der Waals surface area contributed by atoms with Crippen LogP contribution in [-0.4, -0.2) is 24.0 Å². The van der Waals surface area contributed by atoms with Crippen molar-refractivity contribution in [3.05, 3.63) is 135 Å². The average molecular weight is 603 g/mol. The van der Waals surface area contributed by atoms with Gasteiger partial charge in [-0.2, -0.15) is 5.10 Å². The van der Waals surface area contributed by atoms with Crippen LogP contribution in [0.25, 0.3) is 6.08 Å². The summed E-state index contributed by atoms with van der Waals surface area (Å²) in [6, 6.07) is 27.3. The number of hydrogen-bond acceptors (Lipinski definition) is 5. The molecule has 39 heavy (non-hydrogen) atoms. The molecule has 0 saturated carbocycles. The Bertz CT molecular complexity index is 1540. The molecule has 0 heterocycles. The normalized spacial score (nSPS) is 10.9. The second-order valence-corrected chi connectivity index (χ2v) is 9.44. The molecular formula is C30H21BrClN3O4. The van der Waals surface area contributed by atoms with E-state index in [0.29, 0.717) is 27.4 Å². The second kappa shape index (κ2) is 13.3. The van der Waals surface area contributed by atoms with Crippen molar-refractivity contribution in [1.82, 2.24) is 5.43 Å². The smallest absolute Gasteiger partial charge is 0.336 e. The van der Waals surface area contributed by atoms with Gasteiger partial charge in [0.25, 0.3) is 11.8 Å². The van der Waals surface area contributed by atoms with Gasteiger partial charge in [-0.25, -0.2) is 10.2 Å². The zero-order chi connectivity index (χ0) is 27.6. The number of anilines is 1. The summed E-state index contributed by atoms with van der Waals surface area (Å²) in [5, 5.41) is 7.30. The van der Waals surface area contributed by atoms with Crippen molar-refractivity contribution >= 4 is 63.3 Å². The van der Waals surface area contributed by atoms with Crippen LogP contribution in [0.3, 0.4) is 0 Å². The summed E-state index contributed by atoms with van der Waals surface area (Å²) in [6.07, 6.45) is 4.37. The van der Waals surface area contributed by atoms with Crippen LogP contribution in [-0.2, 0) is 4.79 Å². The maximum absolute atomic E-state index is 12.5. The van der Waals surface area contributed by atoms with Crippen LogP contribution in [0, 0.1) is 0 Å². The molecule has 2 N–H and O–H groups in total. The molecule has 0 aromatic heterocycles. The topological polar surface area (TPSA) is 96.9 Å². The summed E-state index contributed by atoms with van der Waals surface area (Å²) in [7, 11) is 0. The number of amides is 2. The maximum Gasteiger partial charge on any atom is 0.336 e. The van der Waals surface area contributed by atoms with Gasteiger partial charge < -0.3 is 10.1 Å². The quantitative estimate of drug-likeness (QED) is 0.0768. The Kier molecular flexibility index (Phi) is 9.39. The van der Waals surface area contributed by atoms with Crippen molar-refractivity contribution in [2.24, 2.45) is 5.10 Å². The summed E-state index contributed by atoms with van der Waals surface area (Å²) in [6.45, 7) is 0. The molecule has 0 aliphatic rings. The number of carbonyl (C=O) groups is 3. The fourth-order valence-electron chi connectivity index (χ4n) is 3.32. The summed E-state index contributed by atoms with van der Waals surface area (Å²) >= 11 is 9.24. The van der Waals surface area contributed by atoms with Crippen LogP contribution in [0.15, 0.2) is 113 Å². The van der Waals surface area contributed by atoms with Crippen LogP contribution < -0.4 is 15.5 Å². The van der Waals surface area contributed by atoms with E-state index in [0.717, 1.165) is 10.0 Å². The molecule has 0 bridgehead atoms. The lowest BCUT2D eigenvalue weighted by Crippen LogP contribution is -2.18. The van der Waals surface area contributed by atoms with E-state index in [2.05, 4.69) is 31.8 Å². The van der Waals surface area contributed by atoms with Gasteiger partial charge in [0.05, 0.1) is 6.21 Å². The molecule has 2 amide bonds. The molecular weight excluding hydrogens is 582 g/mol. The highest BCUT2D eigenvalue weighted by atomic mass is 79.9. The molecule has 0 aliphatic carbocycles. The van der Waals surface area contributed by atoms with Crippen LogP contribution in [0.2, 0.25) is 5.02 Å². The first-order chi connectivity index (χ1) is 18.9. The Balaban J connectivity index is 1.35. The van der Waals surface area contributed by atoms with Gasteiger partial charge in [0, 0.05) is 37.9 Å². The number of benzene rings is 4. The van der Waals surface area contributed by atoms with Gasteiger partial charge in [-0.1, -0.05) is 57.9 Å². The van der Waals surface area contributed by atoms with Gasteiger partial charge in [-0.05, 0) is 78.4 Å². The summed E-state index contributed by atoms with van der Waals surface area (Å²) in [5.74, 6) is -1.03. The molecule has 4 rings (SSSR count). The minimum atomic E-state index is -0.553. The van der Waals surface area contributed by atoms with E-state index in [1.54, 1.807) is 72.8 Å². The minimum absolute atomic E-state index is 0.277. The number of ether oxygens (including phenoxy) is 1. The van der Waals surface area contributed by atoms with Crippen LogP contribution in [0.4, 0.5) is 5.69 Å². The van der Waals surface area contributed by atoms with Crippen LogP contribution in [0.1, 0.15) is 31.8 Å². The lowest BCUT2D eigenvalue weighted by molar-refractivity contribution is -0.128. The number of hydrazone groups is 1. The van der Waals surface area contributed by atoms with Crippen molar-refractivity contribution in [3.63, 3.8) is 0 Å². The van der Waals surface area contributed by atoms with E-state index >= 15 is 0 Å². The first-order valence-electron chi connectivity index (χ1n) is 11.6. The van der Waals surface area contributed by atoms with E-state index in [-0.39, 0.29) is 11.7 Å². The van der Waals surface area contributed by atoms with Gasteiger partial charge in [0.1, 0.15) is 5.75 Å². The molecule has 0 atom stereocenters. The van der Waals surface area contributed by atoms with Gasteiger partial charge in [-0.3, -0.25) is 9.59 Å². The SMILES string of the molecule is O=C(/C=C/c1ccccc1)Oc1ccc(Br)cc1/C=N\NC(=O)c1ccc(NC(=O)c2ccc(Cl)cc2)cc1. The Morgan fingerprint density at radius 3 is 2.21 bits per heavy atom. The van der Waals surface area contributed by atoms with Gasteiger partial charge in [0.15, 0.2) is 0 Å². The van der Waals surface area contributed by atoms with E-state index in [1.807, 2.05) is 30.3 Å². The number of rotatable bonds is 8. The fraction of sp³-hybridized carbons (Fsp3) is 0. The third-order valence-corrected chi connectivity index (χ3v) is 6.02. The monoisotopic (exact) mass is 601 g/mol. The van der Waals surface area contributed by atoms with Gasteiger partial charge in [0.2, 0.25) is 0 Å². The molecule has 0 unspecified atom stereocenters. The number of carbonyl (C=O) groups excluding carboxylic acids is 3. The van der Waals surface area contributed by atoms with E-state index in [4.69, 9.17) is 16.3 Å². The lowest BCUT2D eigenvalue weighted by Gasteiger charge is -2.07. The van der Waals surface area contributed by atoms with Crippen LogP contribution >= 0.6 is 27.5 Å². The average Bonchev–Trinajstić information content (AvgIpc) is 2.94. The zero-order valence-electron chi connectivity index (χ0n) is 20.3. The number of nitrogens with one attached hydrogen (secondary N) is 2. The molecule has 4 aromatic carbocycles. The highest BCUT2D eigenvalue weighted by Crippen LogP contribution is 2.22. The Morgan fingerprint density at radius 2 is 1.49 bits per heavy atom. The molecule has 0 radical (unpaired) electrons. The molecule has 9 heteroatoms. The number of esters is 1. The predicted molar refractivity (Wildman–Crippen MR) is 156 cm³/mol. The molecule has 194 valence electrons. The predicted octanol–water partition coefficient (Wildman–Crippen LogP) is 6.74. The van der Waals surface area contributed by atoms with E-state index < -0.39 is 11.9 Å². The Labute approximate surface area is 238 Å². The van der Waals surface area contributed by atoms with Gasteiger partial charge >= 0.3 is 5.97 Å². The number of nitrogens with zero attached hydrogens (tertiary/aromatic N) is 1. The lowest BCUT2D eigenvalue weighted by atomic mass is 10.1. The van der Waals surface area contributed by atoms with Crippen molar-refractivity contribution in [2.75, 3.05) is 5.32 Å². The molecule has 4 aromatic rings.